The largest absolute Gasteiger partial charge is 0.484 e. The Morgan fingerprint density at radius 2 is 1.79 bits per heavy atom. The lowest BCUT2D eigenvalue weighted by atomic mass is 10.0. The number of thiophene rings is 1. The van der Waals surface area contributed by atoms with E-state index in [1.165, 1.54) is 32.2 Å². The Morgan fingerprint density at radius 1 is 1.08 bits per heavy atom. The third-order valence-electron chi connectivity index (χ3n) is 5.95. The number of pyridine rings is 1. The third-order valence-corrected chi connectivity index (χ3v) is 7.05. The van der Waals surface area contributed by atoms with Crippen molar-refractivity contribution in [2.75, 3.05) is 12.0 Å². The molecule has 38 heavy (non-hydrogen) atoms. The van der Waals surface area contributed by atoms with Gasteiger partial charge in [0.2, 0.25) is 0 Å². The first-order valence-corrected chi connectivity index (χ1v) is 12.4. The highest BCUT2D eigenvalue weighted by Crippen LogP contribution is 2.43. The highest BCUT2D eigenvalue weighted by molar-refractivity contribution is 7.18. The van der Waals surface area contributed by atoms with Gasteiger partial charge in [0.1, 0.15) is 16.9 Å². The normalized spacial score (nSPS) is 12.1. The molecule has 0 saturated carbocycles. The van der Waals surface area contributed by atoms with E-state index in [9.17, 15) is 18.0 Å². The summed E-state index contributed by atoms with van der Waals surface area (Å²) in [6, 6.07) is 16.6. The Morgan fingerprint density at radius 3 is 2.42 bits per heavy atom. The molecule has 2 heterocycles. The predicted molar refractivity (Wildman–Crippen MR) is 143 cm³/mol. The van der Waals surface area contributed by atoms with E-state index in [4.69, 9.17) is 9.47 Å². The molecule has 5 nitrogen and oxygen atoms in total. The number of carbonyl (C=O) groups is 1. The van der Waals surface area contributed by atoms with Crippen molar-refractivity contribution in [1.29, 1.82) is 0 Å². The highest BCUT2D eigenvalue weighted by Gasteiger charge is 2.35. The van der Waals surface area contributed by atoms with Gasteiger partial charge in [-0.25, -0.2) is 4.79 Å². The zero-order valence-corrected chi connectivity index (χ0v) is 21.8. The SMILES string of the molecule is C=CN(c1cc(O[C@H](C)c2ccccc2C(F)(F)F)c(C(=O)OC)s1)c1ccc(-c2ccncc2)cc1C. The van der Waals surface area contributed by atoms with E-state index < -0.39 is 23.8 Å². The summed E-state index contributed by atoms with van der Waals surface area (Å²) in [6.07, 6.45) is -0.474. The van der Waals surface area contributed by atoms with Crippen LogP contribution in [0, 0.1) is 6.92 Å². The van der Waals surface area contributed by atoms with Crippen molar-refractivity contribution in [3.63, 3.8) is 0 Å². The lowest BCUT2D eigenvalue weighted by Crippen LogP contribution is -2.14. The van der Waals surface area contributed by atoms with Gasteiger partial charge in [-0.2, -0.15) is 13.2 Å². The molecule has 0 unspecified atom stereocenters. The number of anilines is 2. The van der Waals surface area contributed by atoms with Gasteiger partial charge in [-0.05, 0) is 60.9 Å². The molecule has 4 rings (SSSR count). The summed E-state index contributed by atoms with van der Waals surface area (Å²) >= 11 is 1.10. The summed E-state index contributed by atoms with van der Waals surface area (Å²) < 4.78 is 51.6. The summed E-state index contributed by atoms with van der Waals surface area (Å²) in [4.78, 5) is 18.6. The summed E-state index contributed by atoms with van der Waals surface area (Å²) in [7, 11) is 1.24. The summed E-state index contributed by atoms with van der Waals surface area (Å²) in [6.45, 7) is 7.40. The zero-order chi connectivity index (χ0) is 27.4. The average molecular weight is 539 g/mol. The molecule has 0 aliphatic carbocycles. The maximum absolute atomic E-state index is 13.6. The van der Waals surface area contributed by atoms with Crippen molar-refractivity contribution in [2.45, 2.75) is 26.1 Å². The topological polar surface area (TPSA) is 51.7 Å². The lowest BCUT2D eigenvalue weighted by Gasteiger charge is -2.21. The van der Waals surface area contributed by atoms with Gasteiger partial charge in [-0.1, -0.05) is 30.8 Å². The molecule has 0 spiro atoms. The van der Waals surface area contributed by atoms with Crippen molar-refractivity contribution in [3.05, 3.63) is 107 Å². The van der Waals surface area contributed by atoms with Gasteiger partial charge in [0, 0.05) is 35.9 Å². The van der Waals surface area contributed by atoms with Crippen molar-refractivity contribution in [1.82, 2.24) is 4.98 Å². The molecule has 9 heteroatoms. The number of methoxy groups -OCH3 is 1. The van der Waals surface area contributed by atoms with Crippen LogP contribution in [0.1, 0.15) is 39.4 Å². The van der Waals surface area contributed by atoms with Gasteiger partial charge < -0.3 is 14.4 Å². The molecular weight excluding hydrogens is 513 g/mol. The molecule has 1 atom stereocenters. The number of hydrogen-bond acceptors (Lipinski definition) is 6. The van der Waals surface area contributed by atoms with Crippen molar-refractivity contribution in [2.24, 2.45) is 0 Å². The van der Waals surface area contributed by atoms with Gasteiger partial charge >= 0.3 is 12.1 Å². The quantitative estimate of drug-likeness (QED) is 0.211. The molecule has 0 radical (unpaired) electrons. The Hall–Kier alpha value is -4.11. The number of benzene rings is 2. The second-order valence-electron chi connectivity index (χ2n) is 8.40. The van der Waals surface area contributed by atoms with Crippen LogP contribution >= 0.6 is 11.3 Å². The fourth-order valence-electron chi connectivity index (χ4n) is 4.12. The van der Waals surface area contributed by atoms with Crippen LogP contribution < -0.4 is 9.64 Å². The first kappa shape index (κ1) is 26.9. The minimum Gasteiger partial charge on any atom is -0.484 e. The van der Waals surface area contributed by atoms with Gasteiger partial charge in [-0.3, -0.25) is 4.98 Å². The number of rotatable bonds is 8. The zero-order valence-electron chi connectivity index (χ0n) is 21.0. The van der Waals surface area contributed by atoms with Crippen molar-refractivity contribution >= 4 is 28.0 Å². The highest BCUT2D eigenvalue weighted by atomic mass is 32.1. The summed E-state index contributed by atoms with van der Waals surface area (Å²) in [5.74, 6) is -0.527. The van der Waals surface area contributed by atoms with Crippen LogP contribution in [0.4, 0.5) is 23.9 Å². The maximum Gasteiger partial charge on any atom is 0.416 e. The molecule has 0 N–H and O–H groups in total. The Labute approximate surface area is 222 Å². The Kier molecular flexibility index (Phi) is 7.87. The molecule has 4 aromatic rings. The minimum atomic E-state index is -4.54. The number of halogens is 3. The molecule has 0 saturated heterocycles. The summed E-state index contributed by atoms with van der Waals surface area (Å²) in [5.41, 5.74) is 2.97. The van der Waals surface area contributed by atoms with E-state index in [0.29, 0.717) is 5.00 Å². The van der Waals surface area contributed by atoms with E-state index in [-0.39, 0.29) is 16.2 Å². The molecule has 0 bridgehead atoms. The van der Waals surface area contributed by atoms with Gasteiger partial charge in [0.25, 0.3) is 0 Å². The number of aromatic nitrogens is 1. The smallest absolute Gasteiger partial charge is 0.416 e. The number of hydrogen-bond donors (Lipinski definition) is 0. The standard InChI is InChI=1S/C29H25F3N2O3S/c1-5-34(24-11-10-21(16-18(24)2)20-12-14-33-15-13-20)26-17-25(27(38-26)28(35)36-4)37-19(3)22-8-6-7-9-23(22)29(30,31)32/h5-17,19H,1H2,2-4H3/t19-/m1/s1. The second kappa shape index (κ2) is 11.1. The molecule has 2 aromatic heterocycles. The van der Waals surface area contributed by atoms with Gasteiger partial charge in [0.05, 0.1) is 12.7 Å². The van der Waals surface area contributed by atoms with E-state index in [1.807, 2.05) is 37.3 Å². The van der Waals surface area contributed by atoms with Gasteiger partial charge in [-0.15, -0.1) is 11.3 Å². The van der Waals surface area contributed by atoms with Crippen LogP contribution in [0.25, 0.3) is 11.1 Å². The van der Waals surface area contributed by atoms with E-state index >= 15 is 0 Å². The van der Waals surface area contributed by atoms with E-state index in [1.54, 1.807) is 29.6 Å². The molecule has 0 aliphatic rings. The van der Waals surface area contributed by atoms with Crippen LogP contribution in [0.3, 0.4) is 0 Å². The number of alkyl halides is 3. The minimum absolute atomic E-state index is 0.0355. The monoisotopic (exact) mass is 538 g/mol. The number of esters is 1. The first-order chi connectivity index (χ1) is 18.1. The summed E-state index contributed by atoms with van der Waals surface area (Å²) in [5, 5.41) is 0.589. The second-order valence-corrected chi connectivity index (χ2v) is 9.44. The fourth-order valence-corrected chi connectivity index (χ4v) is 5.14. The number of aryl methyl sites for hydroxylation is 1. The molecule has 0 aliphatic heterocycles. The van der Waals surface area contributed by atoms with E-state index in [0.717, 1.165) is 39.8 Å². The fraction of sp³-hybridized carbons (Fsp3) is 0.172. The Balaban J connectivity index is 1.70. The van der Waals surface area contributed by atoms with Crippen molar-refractivity contribution in [3.8, 4) is 16.9 Å². The molecule has 0 amide bonds. The van der Waals surface area contributed by atoms with Crippen LogP contribution in [0.15, 0.2) is 85.8 Å². The van der Waals surface area contributed by atoms with Crippen LogP contribution in [-0.4, -0.2) is 18.1 Å². The Bertz CT molecular complexity index is 1450. The average Bonchev–Trinajstić information content (AvgIpc) is 3.32. The van der Waals surface area contributed by atoms with Crippen LogP contribution in [-0.2, 0) is 10.9 Å². The molecule has 0 fully saturated rings. The lowest BCUT2D eigenvalue weighted by molar-refractivity contribution is -0.139. The van der Waals surface area contributed by atoms with Crippen molar-refractivity contribution < 1.29 is 27.4 Å². The van der Waals surface area contributed by atoms with Crippen LogP contribution in [0.5, 0.6) is 5.75 Å². The number of carbonyl (C=O) groups excluding carboxylic acids is 1. The third kappa shape index (κ3) is 5.57. The molecule has 2 aromatic carbocycles. The number of ether oxygens (including phenoxy) is 2. The van der Waals surface area contributed by atoms with Crippen LogP contribution in [0.2, 0.25) is 0 Å². The maximum atomic E-state index is 13.6. The molecule has 196 valence electrons. The molecular formula is C29H25F3N2O3S. The predicted octanol–water partition coefficient (Wildman–Crippen LogP) is 8.35. The van der Waals surface area contributed by atoms with Gasteiger partial charge in [0.15, 0.2) is 4.88 Å². The first-order valence-electron chi connectivity index (χ1n) is 11.6. The number of nitrogens with zero attached hydrogens (tertiary/aromatic N) is 2. The van der Waals surface area contributed by atoms with E-state index in [2.05, 4.69) is 11.6 Å².